The second-order valence-electron chi connectivity index (χ2n) is 10.3. The second kappa shape index (κ2) is 12.1. The van der Waals surface area contributed by atoms with Crippen molar-refractivity contribution in [1.82, 2.24) is 19.9 Å². The van der Waals surface area contributed by atoms with Gasteiger partial charge in [0.1, 0.15) is 0 Å². The van der Waals surface area contributed by atoms with E-state index in [2.05, 4.69) is 26.5 Å². The number of nitrogens with one attached hydrogen (secondary N) is 2. The van der Waals surface area contributed by atoms with Gasteiger partial charge >= 0.3 is 0 Å². The predicted molar refractivity (Wildman–Crippen MR) is 173 cm³/mol. The first-order chi connectivity index (χ1) is 21.1. The van der Waals surface area contributed by atoms with Crippen molar-refractivity contribution in [2.75, 3.05) is 5.73 Å². The number of benzene rings is 2. The molecule has 0 saturated carbocycles. The zero-order valence-electron chi connectivity index (χ0n) is 24.3. The number of H-pyrrole nitrogens is 2. The van der Waals surface area contributed by atoms with Crippen molar-refractivity contribution in [2.45, 2.75) is 20.3 Å². The lowest BCUT2D eigenvalue weighted by Crippen LogP contribution is -2.13. The third kappa shape index (κ3) is 5.43. The first-order valence-electron chi connectivity index (χ1n) is 13.7. The van der Waals surface area contributed by atoms with Crippen LogP contribution in [0.5, 0.6) is 0 Å². The average molecular weight is 586 g/mol. The average Bonchev–Trinajstić information content (AvgIpc) is 3.70. The summed E-state index contributed by atoms with van der Waals surface area (Å²) in [7, 11) is 0. The molecule has 220 valence electrons. The lowest BCUT2D eigenvalue weighted by molar-refractivity contribution is -0.114. The molecule has 0 atom stereocenters. The summed E-state index contributed by atoms with van der Waals surface area (Å²) in [6, 6.07) is 15.4. The minimum Gasteiger partial charge on any atom is -0.398 e. The van der Waals surface area contributed by atoms with Crippen molar-refractivity contribution in [1.29, 1.82) is 0 Å². The number of hydrogen-bond acceptors (Lipinski definition) is 6. The summed E-state index contributed by atoms with van der Waals surface area (Å²) in [6.07, 6.45) is 8.48. The Morgan fingerprint density at radius 3 is 1.75 bits per heavy atom. The highest BCUT2D eigenvalue weighted by molar-refractivity contribution is 6.08. The number of fused-ring (bicyclic) bond motifs is 2. The number of ketones is 1. The molecule has 8 N–H and O–H groups in total. The molecule has 6 rings (SSSR count). The number of nitrogen functional groups attached to an aromatic ring is 1. The number of carbonyl (C=O) groups is 3. The molecule has 2 amide bonds. The quantitative estimate of drug-likeness (QED) is 0.127. The van der Waals surface area contributed by atoms with E-state index in [9.17, 15) is 14.4 Å². The Hall–Kier alpha value is -6.03. The molecule has 0 aliphatic rings. The number of anilines is 1. The van der Waals surface area contributed by atoms with E-state index in [1.54, 1.807) is 24.8 Å². The van der Waals surface area contributed by atoms with Crippen LogP contribution in [0, 0.1) is 13.8 Å². The molecule has 4 heterocycles. The summed E-state index contributed by atoms with van der Waals surface area (Å²) in [5, 5.41) is 1.77. The van der Waals surface area contributed by atoms with Gasteiger partial charge in [0, 0.05) is 58.8 Å². The van der Waals surface area contributed by atoms with E-state index in [0.29, 0.717) is 17.5 Å². The zero-order chi connectivity index (χ0) is 31.5. The maximum absolute atomic E-state index is 11.7. The summed E-state index contributed by atoms with van der Waals surface area (Å²) in [6.45, 7) is 7.46. The SMILES string of the molecule is C=CC(=O)Cc1cccc(-c2cnc(C(N)=O)c3[nH]ccc23)c1C.Cc1c(N)cccc1-c1cnc(C(N)=O)c2[nH]ccc12. The Morgan fingerprint density at radius 2 is 1.25 bits per heavy atom. The van der Waals surface area contributed by atoms with Crippen LogP contribution < -0.4 is 17.2 Å². The summed E-state index contributed by atoms with van der Waals surface area (Å²) < 4.78 is 0. The maximum atomic E-state index is 11.7. The van der Waals surface area contributed by atoms with E-state index in [4.69, 9.17) is 17.2 Å². The van der Waals surface area contributed by atoms with Gasteiger partial charge in [0.25, 0.3) is 11.8 Å². The van der Waals surface area contributed by atoms with E-state index in [1.807, 2.05) is 62.4 Å². The molecule has 10 heteroatoms. The Labute approximate surface area is 253 Å². The van der Waals surface area contributed by atoms with Crippen LogP contribution in [0.1, 0.15) is 37.7 Å². The molecule has 0 fully saturated rings. The standard InChI is InChI=1S/C19H17N3O2.C15H14N4O/c1-3-13(23)9-12-5-4-6-14(11(12)2)16-10-22-18(19(20)24)17-15(16)7-8-21-17;1-8-9(3-2-4-12(8)16)11-7-19-14(15(17)20)13-10(11)5-6-18-13/h3-8,10,21H,1,9H2,2H3,(H2,20,24);2-7,18H,16H2,1H3,(H2,17,20). The van der Waals surface area contributed by atoms with Crippen molar-refractivity contribution >= 4 is 45.1 Å². The predicted octanol–water partition coefficient (Wildman–Crippen LogP) is 5.15. The maximum Gasteiger partial charge on any atom is 0.269 e. The fourth-order valence-corrected chi connectivity index (χ4v) is 5.28. The Bertz CT molecular complexity index is 2090. The molecule has 0 unspecified atom stereocenters. The van der Waals surface area contributed by atoms with Crippen molar-refractivity contribution < 1.29 is 14.4 Å². The van der Waals surface area contributed by atoms with Crippen LogP contribution in [-0.2, 0) is 11.2 Å². The first kappa shape index (κ1) is 29.5. The monoisotopic (exact) mass is 585 g/mol. The van der Waals surface area contributed by atoms with Gasteiger partial charge in [-0.25, -0.2) is 9.97 Å². The molecule has 10 nitrogen and oxygen atoms in total. The summed E-state index contributed by atoms with van der Waals surface area (Å²) >= 11 is 0. The number of primary amides is 2. The number of allylic oxidation sites excluding steroid dienone is 1. The van der Waals surface area contributed by atoms with Gasteiger partial charge in [-0.1, -0.05) is 36.9 Å². The smallest absolute Gasteiger partial charge is 0.269 e. The molecule has 0 saturated heterocycles. The van der Waals surface area contributed by atoms with Crippen molar-refractivity contribution in [3.63, 3.8) is 0 Å². The Kier molecular flexibility index (Phi) is 8.08. The number of carbonyl (C=O) groups excluding carboxylic acids is 3. The van der Waals surface area contributed by atoms with Gasteiger partial charge in [-0.2, -0.15) is 0 Å². The van der Waals surface area contributed by atoms with Crippen LogP contribution in [0.25, 0.3) is 44.1 Å². The normalized spacial score (nSPS) is 10.8. The lowest BCUT2D eigenvalue weighted by Gasteiger charge is -2.12. The number of pyridine rings is 2. The molecule has 0 aliphatic carbocycles. The van der Waals surface area contributed by atoms with Crippen LogP contribution >= 0.6 is 0 Å². The summed E-state index contributed by atoms with van der Waals surface area (Å²) in [5.74, 6) is -1.14. The highest BCUT2D eigenvalue weighted by Crippen LogP contribution is 2.34. The third-order valence-electron chi connectivity index (χ3n) is 7.65. The molecule has 0 aliphatic heterocycles. The Morgan fingerprint density at radius 1 is 0.750 bits per heavy atom. The van der Waals surface area contributed by atoms with Crippen molar-refractivity contribution in [3.8, 4) is 22.3 Å². The summed E-state index contributed by atoms with van der Waals surface area (Å²) in [4.78, 5) is 49.1. The fraction of sp³-hybridized carbons (Fsp3) is 0.0882. The van der Waals surface area contributed by atoms with Gasteiger partial charge in [0.05, 0.1) is 11.0 Å². The number of aromatic amines is 2. The lowest BCUT2D eigenvalue weighted by atomic mass is 9.93. The molecule has 6 aromatic rings. The van der Waals surface area contributed by atoms with E-state index in [0.717, 1.165) is 55.4 Å². The largest absolute Gasteiger partial charge is 0.398 e. The minimum absolute atomic E-state index is 0.0238. The number of rotatable bonds is 7. The zero-order valence-corrected chi connectivity index (χ0v) is 24.3. The van der Waals surface area contributed by atoms with Gasteiger partial charge in [-0.15, -0.1) is 0 Å². The first-order valence-corrected chi connectivity index (χ1v) is 13.7. The van der Waals surface area contributed by atoms with Gasteiger partial charge in [-0.3, -0.25) is 14.4 Å². The van der Waals surface area contributed by atoms with E-state index in [-0.39, 0.29) is 17.2 Å². The van der Waals surface area contributed by atoms with Crippen molar-refractivity contribution in [3.05, 3.63) is 114 Å². The molecule has 0 radical (unpaired) electrons. The molecule has 0 spiro atoms. The number of hydrogen-bond donors (Lipinski definition) is 5. The highest BCUT2D eigenvalue weighted by Gasteiger charge is 2.17. The molecule has 0 bridgehead atoms. The van der Waals surface area contributed by atoms with E-state index >= 15 is 0 Å². The topological polar surface area (TPSA) is 187 Å². The Balaban J connectivity index is 0.000000177. The van der Waals surface area contributed by atoms with Gasteiger partial charge < -0.3 is 27.2 Å². The van der Waals surface area contributed by atoms with Gasteiger partial charge in [-0.05, 0) is 65.9 Å². The summed E-state index contributed by atoms with van der Waals surface area (Å²) in [5.41, 5.74) is 25.9. The van der Waals surface area contributed by atoms with Crippen LogP contribution in [0.4, 0.5) is 5.69 Å². The molecule has 4 aromatic heterocycles. The van der Waals surface area contributed by atoms with Crippen molar-refractivity contribution in [2.24, 2.45) is 11.5 Å². The van der Waals surface area contributed by atoms with Crippen LogP contribution in [0.15, 0.2) is 86.0 Å². The van der Waals surface area contributed by atoms with Crippen LogP contribution in [0.2, 0.25) is 0 Å². The molecular weight excluding hydrogens is 554 g/mol. The number of aromatic nitrogens is 4. The fourth-order valence-electron chi connectivity index (χ4n) is 5.28. The molecular formula is C34H31N7O3. The second-order valence-corrected chi connectivity index (χ2v) is 10.3. The number of amides is 2. The number of nitrogens with two attached hydrogens (primary N) is 3. The highest BCUT2D eigenvalue weighted by atomic mass is 16.1. The van der Waals surface area contributed by atoms with Gasteiger partial charge in [0.2, 0.25) is 0 Å². The molecule has 2 aromatic carbocycles. The van der Waals surface area contributed by atoms with Gasteiger partial charge in [0.15, 0.2) is 17.2 Å². The van der Waals surface area contributed by atoms with Crippen LogP contribution in [0.3, 0.4) is 0 Å². The van der Waals surface area contributed by atoms with E-state index < -0.39 is 11.8 Å². The third-order valence-corrected chi connectivity index (χ3v) is 7.65. The number of nitrogens with zero attached hydrogens (tertiary/aromatic N) is 2. The minimum atomic E-state index is -0.573. The van der Waals surface area contributed by atoms with E-state index in [1.165, 1.54) is 6.08 Å². The van der Waals surface area contributed by atoms with Crippen LogP contribution in [-0.4, -0.2) is 37.5 Å². The molecule has 44 heavy (non-hydrogen) atoms.